The predicted octanol–water partition coefficient (Wildman–Crippen LogP) is 4.95. The molecular weight excluding hydrogens is 412 g/mol. The number of rotatable bonds is 8. The Balaban J connectivity index is 1.34. The van der Waals surface area contributed by atoms with E-state index < -0.39 is 6.10 Å². The lowest BCUT2D eigenvalue weighted by Crippen LogP contribution is -2.36. The fraction of sp³-hybridized carbons (Fsp3) is 0.333. The number of methoxy groups -OCH3 is 1. The normalized spacial score (nSPS) is 16.5. The molecular formula is C27H32N4O2. The van der Waals surface area contributed by atoms with Crippen LogP contribution in [0.4, 0.5) is 5.82 Å². The molecule has 0 spiro atoms. The van der Waals surface area contributed by atoms with E-state index in [2.05, 4.69) is 52.6 Å². The van der Waals surface area contributed by atoms with Crippen molar-refractivity contribution < 1.29 is 9.53 Å². The van der Waals surface area contributed by atoms with Crippen molar-refractivity contribution in [1.82, 2.24) is 14.7 Å². The van der Waals surface area contributed by atoms with Gasteiger partial charge in [-0.2, -0.15) is 5.10 Å². The summed E-state index contributed by atoms with van der Waals surface area (Å²) in [4.78, 5) is 15.4. The average molecular weight is 445 g/mol. The summed E-state index contributed by atoms with van der Waals surface area (Å²) in [6.07, 6.45) is 5.34. The number of carbonyl (C=O) groups is 1. The maximum absolute atomic E-state index is 12.9. The van der Waals surface area contributed by atoms with Crippen LogP contribution in [0.15, 0.2) is 78.5 Å². The minimum Gasteiger partial charge on any atom is -0.367 e. The number of piperidine rings is 1. The molecule has 1 fully saturated rings. The van der Waals surface area contributed by atoms with Gasteiger partial charge in [0.2, 0.25) is 0 Å². The number of amides is 1. The fourth-order valence-corrected chi connectivity index (χ4v) is 4.47. The Morgan fingerprint density at radius 1 is 1.09 bits per heavy atom. The molecule has 3 aromatic rings. The second-order valence-electron chi connectivity index (χ2n) is 8.59. The zero-order valence-corrected chi connectivity index (χ0v) is 19.4. The van der Waals surface area contributed by atoms with Crippen LogP contribution in [0, 0.1) is 0 Å². The Morgan fingerprint density at radius 2 is 1.76 bits per heavy atom. The highest BCUT2D eigenvalue weighted by Gasteiger charge is 2.25. The number of likely N-dealkylation sites (tertiary alicyclic amines) is 1. The van der Waals surface area contributed by atoms with Crippen molar-refractivity contribution in [3.8, 4) is 0 Å². The Kier molecular flexibility index (Phi) is 7.70. The van der Waals surface area contributed by atoms with Crippen LogP contribution in [-0.2, 0) is 9.53 Å². The molecule has 1 atom stereocenters. The lowest BCUT2D eigenvalue weighted by Gasteiger charge is -2.33. The van der Waals surface area contributed by atoms with Gasteiger partial charge in [0.1, 0.15) is 5.82 Å². The third-order valence-electron chi connectivity index (χ3n) is 6.09. The van der Waals surface area contributed by atoms with E-state index in [1.807, 2.05) is 47.1 Å². The van der Waals surface area contributed by atoms with Crippen LogP contribution in [0.2, 0.25) is 0 Å². The first-order chi connectivity index (χ1) is 16.1. The number of hydrogen-bond donors (Lipinski definition) is 1. The molecule has 6 heteroatoms. The van der Waals surface area contributed by atoms with E-state index in [0.717, 1.165) is 43.9 Å². The number of carbonyl (C=O) groups excluding carboxylic acids is 1. The van der Waals surface area contributed by atoms with Crippen molar-refractivity contribution in [3.63, 3.8) is 0 Å². The summed E-state index contributed by atoms with van der Waals surface area (Å²) < 4.78 is 7.43. The van der Waals surface area contributed by atoms with Gasteiger partial charge in [-0.25, -0.2) is 4.68 Å². The molecule has 33 heavy (non-hydrogen) atoms. The Bertz CT molecular complexity index is 1050. The van der Waals surface area contributed by atoms with Crippen molar-refractivity contribution in [1.29, 1.82) is 0 Å². The number of nitrogens with one attached hydrogen (secondary N) is 1. The quantitative estimate of drug-likeness (QED) is 0.534. The van der Waals surface area contributed by atoms with Gasteiger partial charge in [-0.1, -0.05) is 72.3 Å². The molecule has 1 unspecified atom stereocenters. The van der Waals surface area contributed by atoms with Gasteiger partial charge in [0.25, 0.3) is 5.91 Å². The summed E-state index contributed by atoms with van der Waals surface area (Å²) in [5, 5.41) is 7.55. The van der Waals surface area contributed by atoms with Gasteiger partial charge in [0.05, 0.1) is 12.2 Å². The van der Waals surface area contributed by atoms with E-state index in [9.17, 15) is 4.79 Å². The van der Waals surface area contributed by atoms with Crippen LogP contribution in [0.1, 0.15) is 43.0 Å². The van der Waals surface area contributed by atoms with Crippen LogP contribution in [0.5, 0.6) is 0 Å². The smallest absolute Gasteiger partial charge is 0.259 e. The van der Waals surface area contributed by atoms with Gasteiger partial charge in [0, 0.05) is 32.8 Å². The number of nitrogens with zero attached hydrogens (tertiary/aromatic N) is 3. The van der Waals surface area contributed by atoms with Crippen LogP contribution >= 0.6 is 0 Å². The summed E-state index contributed by atoms with van der Waals surface area (Å²) in [6.45, 7) is 5.17. The van der Waals surface area contributed by atoms with Gasteiger partial charge < -0.3 is 10.1 Å². The molecule has 1 aliphatic rings. The number of anilines is 1. The van der Waals surface area contributed by atoms with Gasteiger partial charge in [-0.05, 0) is 30.9 Å². The highest BCUT2D eigenvalue weighted by molar-refractivity contribution is 5.94. The number of ether oxygens (including phenoxy) is 1. The zero-order valence-electron chi connectivity index (χ0n) is 19.4. The molecule has 1 aromatic heterocycles. The van der Waals surface area contributed by atoms with Crippen molar-refractivity contribution in [2.75, 3.05) is 32.1 Å². The molecule has 1 aliphatic heterocycles. The van der Waals surface area contributed by atoms with Gasteiger partial charge in [-0.3, -0.25) is 9.69 Å². The standard InChI is InChI=1S/C27H32N4O2/c1-21(19-22-9-5-3-6-10-22)20-30-17-14-24(15-18-30)31-25(13-16-28-31)29-27(32)26(33-2)23-11-7-4-8-12-23/h3-13,16,19,24,26H,14-15,17-18,20H2,1-2H3,(H,29,32). The summed E-state index contributed by atoms with van der Waals surface area (Å²) in [7, 11) is 1.55. The van der Waals surface area contributed by atoms with Gasteiger partial charge >= 0.3 is 0 Å². The van der Waals surface area contributed by atoms with Crippen LogP contribution < -0.4 is 5.32 Å². The maximum Gasteiger partial charge on any atom is 0.259 e. The second-order valence-corrected chi connectivity index (χ2v) is 8.59. The summed E-state index contributed by atoms with van der Waals surface area (Å²) in [5.74, 6) is 0.529. The van der Waals surface area contributed by atoms with Crippen LogP contribution in [0.25, 0.3) is 6.08 Å². The first kappa shape index (κ1) is 23.0. The van der Waals surface area contributed by atoms with Crippen molar-refractivity contribution >= 4 is 17.8 Å². The van der Waals surface area contributed by atoms with E-state index >= 15 is 0 Å². The van der Waals surface area contributed by atoms with E-state index in [4.69, 9.17) is 4.74 Å². The van der Waals surface area contributed by atoms with E-state index in [-0.39, 0.29) is 11.9 Å². The third-order valence-corrected chi connectivity index (χ3v) is 6.09. The molecule has 2 aromatic carbocycles. The van der Waals surface area contributed by atoms with Gasteiger partial charge in [0.15, 0.2) is 6.10 Å². The van der Waals surface area contributed by atoms with E-state index in [1.165, 1.54) is 11.1 Å². The highest BCUT2D eigenvalue weighted by Crippen LogP contribution is 2.27. The van der Waals surface area contributed by atoms with Crippen molar-refractivity contribution in [2.45, 2.75) is 31.9 Å². The molecule has 2 heterocycles. The first-order valence-electron chi connectivity index (χ1n) is 11.5. The average Bonchev–Trinajstić information content (AvgIpc) is 3.29. The zero-order chi connectivity index (χ0) is 23.0. The molecule has 0 bridgehead atoms. The first-order valence-corrected chi connectivity index (χ1v) is 11.5. The predicted molar refractivity (Wildman–Crippen MR) is 132 cm³/mol. The molecule has 1 N–H and O–H groups in total. The van der Waals surface area contributed by atoms with E-state index in [0.29, 0.717) is 0 Å². The molecule has 6 nitrogen and oxygen atoms in total. The molecule has 0 saturated carbocycles. The topological polar surface area (TPSA) is 59.4 Å². The van der Waals surface area contributed by atoms with Crippen molar-refractivity contribution in [3.05, 3.63) is 89.6 Å². The number of aromatic nitrogens is 2. The molecule has 1 saturated heterocycles. The number of hydrogen-bond acceptors (Lipinski definition) is 4. The summed E-state index contributed by atoms with van der Waals surface area (Å²) in [6, 6.07) is 22.1. The summed E-state index contributed by atoms with van der Waals surface area (Å²) in [5.41, 5.74) is 3.43. The Labute approximate surface area is 195 Å². The fourth-order valence-electron chi connectivity index (χ4n) is 4.47. The lowest BCUT2D eigenvalue weighted by atomic mass is 10.0. The molecule has 1 amide bonds. The maximum atomic E-state index is 12.9. The molecule has 0 aliphatic carbocycles. The summed E-state index contributed by atoms with van der Waals surface area (Å²) >= 11 is 0. The van der Waals surface area contributed by atoms with E-state index in [1.54, 1.807) is 13.3 Å². The van der Waals surface area contributed by atoms with Crippen LogP contribution in [-0.4, -0.2) is 47.3 Å². The molecule has 4 rings (SSSR count). The molecule has 0 radical (unpaired) electrons. The third kappa shape index (κ3) is 5.97. The lowest BCUT2D eigenvalue weighted by molar-refractivity contribution is -0.126. The minimum absolute atomic E-state index is 0.190. The highest BCUT2D eigenvalue weighted by atomic mass is 16.5. The largest absolute Gasteiger partial charge is 0.367 e. The minimum atomic E-state index is -0.657. The monoisotopic (exact) mass is 444 g/mol. The Morgan fingerprint density at radius 3 is 2.42 bits per heavy atom. The SMILES string of the molecule is COC(C(=O)Nc1ccnn1C1CCN(CC(C)=Cc2ccccc2)CC1)c1ccccc1. The number of benzene rings is 2. The molecule has 172 valence electrons. The van der Waals surface area contributed by atoms with Gasteiger partial charge in [-0.15, -0.1) is 0 Å². The second kappa shape index (κ2) is 11.1. The van der Waals surface area contributed by atoms with Crippen molar-refractivity contribution in [2.24, 2.45) is 0 Å². The van der Waals surface area contributed by atoms with Crippen LogP contribution in [0.3, 0.4) is 0 Å². The Hall–Kier alpha value is -3.22.